The Morgan fingerprint density at radius 2 is 1.78 bits per heavy atom. The molecule has 194 valence electrons. The van der Waals surface area contributed by atoms with Gasteiger partial charge in [-0.3, -0.25) is 19.2 Å². The van der Waals surface area contributed by atoms with Crippen molar-refractivity contribution in [1.29, 1.82) is 0 Å². The number of nitrogens with one attached hydrogen (secondary N) is 3. The largest absolute Gasteiger partial charge is 0.480 e. The number of para-hydroxylation sites is 1. The number of nitrogens with zero attached hydrogens (tertiary/aromatic N) is 1. The summed E-state index contributed by atoms with van der Waals surface area (Å²) in [4.78, 5) is 55.0. The Bertz CT molecular complexity index is 1270. The van der Waals surface area contributed by atoms with Crippen LogP contribution in [0.25, 0.3) is 10.9 Å². The van der Waals surface area contributed by atoms with Crippen LogP contribution in [0.4, 0.5) is 0 Å². The summed E-state index contributed by atoms with van der Waals surface area (Å²) in [6, 6.07) is 14.4. The van der Waals surface area contributed by atoms with Crippen LogP contribution in [0.3, 0.4) is 0 Å². The molecule has 10 nitrogen and oxygen atoms in total. The number of hydrogen-bond donors (Lipinski definition) is 5. The third-order valence-corrected chi connectivity index (χ3v) is 6.60. The smallest absolute Gasteiger partial charge is 0.322 e. The van der Waals surface area contributed by atoms with Crippen LogP contribution in [-0.4, -0.2) is 69.9 Å². The molecule has 1 fully saturated rings. The predicted molar refractivity (Wildman–Crippen MR) is 137 cm³/mol. The molecule has 0 aliphatic carbocycles. The lowest BCUT2D eigenvalue weighted by atomic mass is 10.0. The topological polar surface area (TPSA) is 158 Å². The van der Waals surface area contributed by atoms with Gasteiger partial charge in [0.15, 0.2) is 0 Å². The Balaban J connectivity index is 1.47. The number of carbonyl (C=O) groups excluding carboxylic acids is 3. The second-order valence-electron chi connectivity index (χ2n) is 9.22. The first-order valence-electron chi connectivity index (χ1n) is 12.3. The molecular formula is C27H31N5O5. The van der Waals surface area contributed by atoms with Crippen LogP contribution < -0.4 is 16.4 Å². The minimum Gasteiger partial charge on any atom is -0.480 e. The number of amides is 3. The minimum atomic E-state index is -1.19. The van der Waals surface area contributed by atoms with Gasteiger partial charge >= 0.3 is 5.97 Å². The van der Waals surface area contributed by atoms with E-state index in [-0.39, 0.29) is 12.3 Å². The molecular weight excluding hydrogens is 474 g/mol. The summed E-state index contributed by atoms with van der Waals surface area (Å²) in [6.45, 7) is -0.167. The molecule has 3 aromatic rings. The van der Waals surface area contributed by atoms with Crippen LogP contribution in [-0.2, 0) is 32.0 Å². The third-order valence-electron chi connectivity index (χ3n) is 6.60. The number of aliphatic carboxylic acids is 1. The monoisotopic (exact) mass is 505 g/mol. The van der Waals surface area contributed by atoms with Crippen LogP contribution in [0.15, 0.2) is 60.8 Å². The highest BCUT2D eigenvalue weighted by molar-refractivity contribution is 5.94. The van der Waals surface area contributed by atoms with E-state index in [0.29, 0.717) is 25.8 Å². The van der Waals surface area contributed by atoms with E-state index in [1.54, 1.807) is 6.20 Å². The van der Waals surface area contributed by atoms with E-state index >= 15 is 0 Å². The Kier molecular flexibility index (Phi) is 8.19. The molecule has 3 unspecified atom stereocenters. The number of fused-ring (bicyclic) bond motifs is 1. The van der Waals surface area contributed by atoms with Crippen LogP contribution in [0.1, 0.15) is 24.0 Å². The first-order chi connectivity index (χ1) is 17.8. The molecule has 3 atom stereocenters. The van der Waals surface area contributed by atoms with Gasteiger partial charge in [0.1, 0.15) is 18.6 Å². The fourth-order valence-corrected chi connectivity index (χ4v) is 4.75. The number of likely N-dealkylation sites (tertiary alicyclic amines) is 1. The number of carboxylic acids is 1. The number of aromatic amines is 1. The van der Waals surface area contributed by atoms with Crippen LogP contribution in [0.2, 0.25) is 0 Å². The first-order valence-corrected chi connectivity index (χ1v) is 12.3. The number of carboxylic acid groups (broad SMARTS) is 1. The number of benzene rings is 2. The number of hydrogen-bond acceptors (Lipinski definition) is 5. The standard InChI is InChI=1S/C27H31N5O5/c28-20(13-17-7-2-1-3-8-17)27(37)32-12-6-11-23(32)26(36)31-22(25(35)30-16-24(33)34)14-18-15-29-21-10-5-4-9-19(18)21/h1-5,7-10,15,20,22-23,29H,6,11-14,16,28H2,(H,30,35)(H,31,36)(H,33,34). The van der Waals surface area contributed by atoms with Gasteiger partial charge in [-0.1, -0.05) is 48.5 Å². The first kappa shape index (κ1) is 25.9. The van der Waals surface area contributed by atoms with E-state index in [1.165, 1.54) is 4.90 Å². The lowest BCUT2D eigenvalue weighted by molar-refractivity contribution is -0.141. The SMILES string of the molecule is NC(Cc1ccccc1)C(=O)N1CCCC1C(=O)NC(Cc1c[nH]c2ccccc12)C(=O)NCC(=O)O. The molecule has 0 bridgehead atoms. The van der Waals surface area contributed by atoms with Gasteiger partial charge in [-0.15, -0.1) is 0 Å². The number of rotatable bonds is 10. The maximum absolute atomic E-state index is 13.3. The van der Waals surface area contributed by atoms with Gasteiger partial charge in [-0.2, -0.15) is 0 Å². The van der Waals surface area contributed by atoms with Gasteiger partial charge in [0, 0.05) is 30.1 Å². The second-order valence-corrected chi connectivity index (χ2v) is 9.22. The molecule has 1 saturated heterocycles. The van der Waals surface area contributed by atoms with E-state index in [1.807, 2.05) is 54.6 Å². The number of nitrogens with two attached hydrogens (primary N) is 1. The average Bonchev–Trinajstić information content (AvgIpc) is 3.55. The van der Waals surface area contributed by atoms with Gasteiger partial charge in [0.05, 0.1) is 6.04 Å². The zero-order valence-corrected chi connectivity index (χ0v) is 20.4. The molecule has 1 aliphatic heterocycles. The highest BCUT2D eigenvalue weighted by atomic mass is 16.4. The van der Waals surface area contributed by atoms with Crippen LogP contribution in [0.5, 0.6) is 0 Å². The van der Waals surface area contributed by atoms with Crippen molar-refractivity contribution < 1.29 is 24.3 Å². The summed E-state index contributed by atoms with van der Waals surface area (Å²) in [5, 5.41) is 15.0. The van der Waals surface area contributed by atoms with Gasteiger partial charge in [-0.05, 0) is 36.5 Å². The zero-order valence-electron chi connectivity index (χ0n) is 20.4. The normalized spacial score (nSPS) is 16.8. The summed E-state index contributed by atoms with van der Waals surface area (Å²) < 4.78 is 0. The van der Waals surface area contributed by atoms with Crippen molar-refractivity contribution >= 4 is 34.6 Å². The Labute approximate surface area is 214 Å². The summed E-state index contributed by atoms with van der Waals surface area (Å²) in [5.41, 5.74) is 8.82. The van der Waals surface area contributed by atoms with Crippen molar-refractivity contribution in [3.05, 3.63) is 71.9 Å². The summed E-state index contributed by atoms with van der Waals surface area (Å²) >= 11 is 0. The molecule has 0 saturated carbocycles. The predicted octanol–water partition coefficient (Wildman–Crippen LogP) is 0.957. The average molecular weight is 506 g/mol. The quantitative estimate of drug-likeness (QED) is 0.276. The lowest BCUT2D eigenvalue weighted by Gasteiger charge is -2.28. The van der Waals surface area contributed by atoms with E-state index in [0.717, 1.165) is 22.0 Å². The summed E-state index contributed by atoms with van der Waals surface area (Å²) in [7, 11) is 0. The molecule has 0 spiro atoms. The molecule has 0 radical (unpaired) electrons. The van der Waals surface area contributed by atoms with E-state index < -0.39 is 42.5 Å². The number of H-pyrrole nitrogens is 1. The van der Waals surface area contributed by atoms with Crippen LogP contribution in [0, 0.1) is 0 Å². The Morgan fingerprint density at radius 3 is 2.54 bits per heavy atom. The van der Waals surface area contributed by atoms with Crippen molar-refractivity contribution in [2.45, 2.75) is 43.8 Å². The number of carbonyl (C=O) groups is 4. The van der Waals surface area contributed by atoms with E-state index in [4.69, 9.17) is 10.8 Å². The molecule has 10 heteroatoms. The molecule has 3 amide bonds. The minimum absolute atomic E-state index is 0.148. The molecule has 2 heterocycles. The fraction of sp³-hybridized carbons (Fsp3) is 0.333. The van der Waals surface area contributed by atoms with Crippen molar-refractivity contribution in [3.63, 3.8) is 0 Å². The molecule has 37 heavy (non-hydrogen) atoms. The highest BCUT2D eigenvalue weighted by Crippen LogP contribution is 2.21. The van der Waals surface area contributed by atoms with E-state index in [9.17, 15) is 19.2 Å². The Morgan fingerprint density at radius 1 is 1.05 bits per heavy atom. The molecule has 2 aromatic carbocycles. The van der Waals surface area contributed by atoms with Crippen molar-refractivity contribution in [2.75, 3.05) is 13.1 Å². The van der Waals surface area contributed by atoms with Gasteiger partial charge in [0.2, 0.25) is 17.7 Å². The summed E-state index contributed by atoms with van der Waals surface area (Å²) in [6.07, 6.45) is 3.36. The van der Waals surface area contributed by atoms with E-state index in [2.05, 4.69) is 15.6 Å². The van der Waals surface area contributed by atoms with Gasteiger partial charge < -0.3 is 31.4 Å². The van der Waals surface area contributed by atoms with Gasteiger partial charge in [-0.25, -0.2) is 0 Å². The zero-order chi connectivity index (χ0) is 26.4. The second kappa shape index (κ2) is 11.7. The highest BCUT2D eigenvalue weighted by Gasteiger charge is 2.37. The molecule has 6 N–H and O–H groups in total. The Hall–Kier alpha value is -4.18. The molecule has 1 aromatic heterocycles. The van der Waals surface area contributed by atoms with Crippen molar-refractivity contribution in [1.82, 2.24) is 20.5 Å². The lowest BCUT2D eigenvalue weighted by Crippen LogP contribution is -2.56. The number of aromatic nitrogens is 1. The maximum Gasteiger partial charge on any atom is 0.322 e. The third kappa shape index (κ3) is 6.34. The van der Waals surface area contributed by atoms with Crippen molar-refractivity contribution in [2.24, 2.45) is 5.73 Å². The fourth-order valence-electron chi connectivity index (χ4n) is 4.75. The van der Waals surface area contributed by atoms with Gasteiger partial charge in [0.25, 0.3) is 0 Å². The van der Waals surface area contributed by atoms with Crippen LogP contribution >= 0.6 is 0 Å². The maximum atomic E-state index is 13.3. The molecule has 4 rings (SSSR count). The van der Waals surface area contributed by atoms with Crippen molar-refractivity contribution in [3.8, 4) is 0 Å². The summed E-state index contributed by atoms with van der Waals surface area (Å²) in [5.74, 6) is -2.58. The molecule has 1 aliphatic rings.